The van der Waals surface area contributed by atoms with Gasteiger partial charge in [-0.3, -0.25) is 14.2 Å². The van der Waals surface area contributed by atoms with Crippen LogP contribution in [0.4, 0.5) is 5.69 Å². The number of thiazole rings is 1. The summed E-state index contributed by atoms with van der Waals surface area (Å²) in [4.78, 5) is 33.5. The number of fused-ring (bicyclic) bond motifs is 1. The molecule has 0 unspecified atom stereocenters. The summed E-state index contributed by atoms with van der Waals surface area (Å²) in [7, 11) is 7.10. The van der Waals surface area contributed by atoms with Gasteiger partial charge in [0.25, 0.3) is 5.56 Å². The first kappa shape index (κ1) is 23.5. The van der Waals surface area contributed by atoms with Crippen molar-refractivity contribution in [3.05, 3.63) is 84.5 Å². The van der Waals surface area contributed by atoms with E-state index in [1.165, 1.54) is 18.3 Å². The molecule has 3 aromatic rings. The molecule has 0 aliphatic carbocycles. The Kier molecular flexibility index (Phi) is 6.43. The Bertz CT molecular complexity index is 1460. The van der Waals surface area contributed by atoms with Crippen molar-refractivity contribution in [2.75, 3.05) is 33.2 Å². The Balaban J connectivity index is 1.93. The second-order valence-electron chi connectivity index (χ2n) is 8.23. The standard InChI is InChI=1S/C26H27N3O4S/c1-15-23(16(2)30)24(17-7-10-19(11-8-17)28(3)4)29-25(31)22(34-26(29)27-15)13-18-9-12-20(32-5)14-21(18)33-6/h7-14,24H,1-6H3/b22-13+/t24-/m1/s1. The van der Waals surface area contributed by atoms with Gasteiger partial charge in [-0.15, -0.1) is 0 Å². The maximum Gasteiger partial charge on any atom is 0.271 e. The van der Waals surface area contributed by atoms with Crippen molar-refractivity contribution < 1.29 is 14.3 Å². The molecule has 1 aliphatic heterocycles. The van der Waals surface area contributed by atoms with E-state index < -0.39 is 6.04 Å². The Labute approximate surface area is 201 Å². The molecule has 0 spiro atoms. The van der Waals surface area contributed by atoms with Gasteiger partial charge in [0.05, 0.1) is 24.8 Å². The third-order valence-electron chi connectivity index (χ3n) is 5.85. The smallest absolute Gasteiger partial charge is 0.271 e. The number of aromatic nitrogens is 1. The second-order valence-corrected chi connectivity index (χ2v) is 9.24. The maximum absolute atomic E-state index is 13.6. The van der Waals surface area contributed by atoms with Gasteiger partial charge in [-0.25, -0.2) is 4.99 Å². The molecule has 2 heterocycles. The molecule has 0 radical (unpaired) electrons. The minimum absolute atomic E-state index is 0.103. The average molecular weight is 478 g/mol. The minimum Gasteiger partial charge on any atom is -0.497 e. The van der Waals surface area contributed by atoms with E-state index in [1.807, 2.05) is 62.3 Å². The van der Waals surface area contributed by atoms with E-state index in [2.05, 4.69) is 4.99 Å². The van der Waals surface area contributed by atoms with Gasteiger partial charge in [0.15, 0.2) is 10.6 Å². The van der Waals surface area contributed by atoms with E-state index in [1.54, 1.807) is 30.9 Å². The number of ketones is 1. The molecule has 8 heteroatoms. The van der Waals surface area contributed by atoms with E-state index in [0.29, 0.717) is 32.1 Å². The van der Waals surface area contributed by atoms with Crippen LogP contribution in [0.3, 0.4) is 0 Å². The van der Waals surface area contributed by atoms with Gasteiger partial charge in [-0.05, 0) is 49.8 Å². The van der Waals surface area contributed by atoms with Crippen molar-refractivity contribution in [3.63, 3.8) is 0 Å². The van der Waals surface area contributed by atoms with Gasteiger partial charge in [-0.2, -0.15) is 0 Å². The zero-order chi connectivity index (χ0) is 24.6. The highest BCUT2D eigenvalue weighted by Crippen LogP contribution is 2.31. The predicted molar refractivity (Wildman–Crippen MR) is 135 cm³/mol. The largest absolute Gasteiger partial charge is 0.497 e. The predicted octanol–water partition coefficient (Wildman–Crippen LogP) is 2.91. The molecule has 1 aliphatic rings. The minimum atomic E-state index is -0.537. The fraction of sp³-hybridized carbons (Fsp3) is 0.269. The summed E-state index contributed by atoms with van der Waals surface area (Å²) in [6, 6.07) is 12.8. The molecular weight excluding hydrogens is 450 g/mol. The fourth-order valence-corrected chi connectivity index (χ4v) is 5.16. The molecule has 176 valence electrons. The van der Waals surface area contributed by atoms with Gasteiger partial charge < -0.3 is 14.4 Å². The number of hydrogen-bond donors (Lipinski definition) is 0. The normalized spacial score (nSPS) is 15.6. The Hall–Kier alpha value is -3.65. The first-order valence-electron chi connectivity index (χ1n) is 10.8. The molecule has 34 heavy (non-hydrogen) atoms. The number of ether oxygens (including phenoxy) is 2. The summed E-state index contributed by atoms with van der Waals surface area (Å²) >= 11 is 1.30. The lowest BCUT2D eigenvalue weighted by molar-refractivity contribution is -0.114. The van der Waals surface area contributed by atoms with Crippen LogP contribution in [0.15, 0.2) is 63.5 Å². The highest BCUT2D eigenvalue weighted by Gasteiger charge is 2.30. The molecular formula is C26H27N3O4S. The van der Waals surface area contributed by atoms with E-state index in [4.69, 9.17) is 9.47 Å². The zero-order valence-corrected chi connectivity index (χ0v) is 20.9. The number of benzene rings is 2. The Morgan fingerprint density at radius 3 is 2.41 bits per heavy atom. The summed E-state index contributed by atoms with van der Waals surface area (Å²) in [6.07, 6.45) is 1.79. The number of Topliss-reactive ketones (excluding diaryl/α,β-unsaturated/α-hetero) is 1. The van der Waals surface area contributed by atoms with Crippen LogP contribution in [0.1, 0.15) is 31.0 Å². The van der Waals surface area contributed by atoms with Crippen LogP contribution in [-0.2, 0) is 4.79 Å². The number of hydrogen-bond acceptors (Lipinski definition) is 7. The van der Waals surface area contributed by atoms with Gasteiger partial charge in [0.1, 0.15) is 11.5 Å². The fourth-order valence-electron chi connectivity index (χ4n) is 4.12. The number of carbonyl (C=O) groups is 1. The molecule has 4 rings (SSSR count). The molecule has 0 saturated heterocycles. The highest BCUT2D eigenvalue weighted by molar-refractivity contribution is 7.07. The van der Waals surface area contributed by atoms with E-state index in [9.17, 15) is 9.59 Å². The maximum atomic E-state index is 13.6. The number of carbonyl (C=O) groups excluding carboxylic acids is 1. The van der Waals surface area contributed by atoms with Gasteiger partial charge in [0.2, 0.25) is 0 Å². The lowest BCUT2D eigenvalue weighted by Crippen LogP contribution is -2.39. The second kappa shape index (κ2) is 9.30. The topological polar surface area (TPSA) is 73.1 Å². The number of nitrogens with zero attached hydrogens (tertiary/aromatic N) is 3. The summed E-state index contributed by atoms with van der Waals surface area (Å²) in [5.74, 6) is 1.16. The number of allylic oxidation sites excluding steroid dienone is 2. The first-order chi connectivity index (χ1) is 16.2. The van der Waals surface area contributed by atoms with Crippen LogP contribution in [0.25, 0.3) is 6.08 Å². The van der Waals surface area contributed by atoms with Crippen LogP contribution in [-0.4, -0.2) is 38.7 Å². The molecule has 0 fully saturated rings. The lowest BCUT2D eigenvalue weighted by atomic mass is 9.93. The van der Waals surface area contributed by atoms with Crippen LogP contribution in [0.5, 0.6) is 11.5 Å². The molecule has 0 bridgehead atoms. The van der Waals surface area contributed by atoms with E-state index in [-0.39, 0.29) is 11.3 Å². The highest BCUT2D eigenvalue weighted by atomic mass is 32.1. The van der Waals surface area contributed by atoms with Crippen molar-refractivity contribution in [1.29, 1.82) is 0 Å². The molecule has 1 atom stereocenters. The molecule has 1 aromatic heterocycles. The van der Waals surface area contributed by atoms with Crippen LogP contribution in [0, 0.1) is 0 Å². The molecule has 7 nitrogen and oxygen atoms in total. The summed E-state index contributed by atoms with van der Waals surface area (Å²) in [5.41, 5.74) is 3.60. The number of methoxy groups -OCH3 is 2. The van der Waals surface area contributed by atoms with Crippen LogP contribution in [0.2, 0.25) is 0 Å². The molecule has 0 amide bonds. The summed E-state index contributed by atoms with van der Waals surface area (Å²) in [6.45, 7) is 3.34. The Morgan fingerprint density at radius 2 is 1.82 bits per heavy atom. The monoisotopic (exact) mass is 477 g/mol. The number of rotatable bonds is 6. The molecule has 0 saturated carbocycles. The van der Waals surface area contributed by atoms with E-state index >= 15 is 0 Å². The van der Waals surface area contributed by atoms with Crippen molar-refractivity contribution in [2.45, 2.75) is 19.9 Å². The van der Waals surface area contributed by atoms with Crippen LogP contribution >= 0.6 is 11.3 Å². The average Bonchev–Trinajstić information content (AvgIpc) is 3.12. The Morgan fingerprint density at radius 1 is 1.12 bits per heavy atom. The first-order valence-corrected chi connectivity index (χ1v) is 11.6. The van der Waals surface area contributed by atoms with Gasteiger partial charge in [-0.1, -0.05) is 23.5 Å². The lowest BCUT2D eigenvalue weighted by Gasteiger charge is -2.25. The van der Waals surface area contributed by atoms with Crippen LogP contribution < -0.4 is 29.3 Å². The quantitative estimate of drug-likeness (QED) is 0.546. The zero-order valence-electron chi connectivity index (χ0n) is 20.1. The van der Waals surface area contributed by atoms with Crippen molar-refractivity contribution in [3.8, 4) is 11.5 Å². The number of anilines is 1. The third kappa shape index (κ3) is 4.17. The van der Waals surface area contributed by atoms with Crippen molar-refractivity contribution in [2.24, 2.45) is 4.99 Å². The molecule has 0 N–H and O–H groups in total. The molecule has 2 aromatic carbocycles. The third-order valence-corrected chi connectivity index (χ3v) is 6.84. The summed E-state index contributed by atoms with van der Waals surface area (Å²) < 4.78 is 12.9. The van der Waals surface area contributed by atoms with Crippen molar-refractivity contribution >= 4 is 28.9 Å². The summed E-state index contributed by atoms with van der Waals surface area (Å²) in [5, 5.41) is 0. The van der Waals surface area contributed by atoms with E-state index in [0.717, 1.165) is 16.8 Å². The van der Waals surface area contributed by atoms with Crippen molar-refractivity contribution in [1.82, 2.24) is 4.57 Å². The van der Waals surface area contributed by atoms with Gasteiger partial charge in [0, 0.05) is 42.7 Å². The van der Waals surface area contributed by atoms with Gasteiger partial charge >= 0.3 is 0 Å². The SMILES string of the molecule is COc1ccc(/C=c2/sc3n(c2=O)[C@H](c2ccc(N(C)C)cc2)C(C(C)=O)=C(C)N=3)c(OC)c1.